The third-order valence-corrected chi connectivity index (χ3v) is 2.58. The van der Waals surface area contributed by atoms with Crippen LogP contribution in [-0.4, -0.2) is 15.9 Å². The molecule has 4 N–H and O–H groups in total. The summed E-state index contributed by atoms with van der Waals surface area (Å²) in [5, 5.41) is 2.78. The number of hydrogen-bond donors (Lipinski definition) is 3. The first kappa shape index (κ1) is 13.0. The van der Waals surface area contributed by atoms with E-state index in [9.17, 15) is 4.79 Å². The molecule has 19 heavy (non-hydrogen) atoms. The molecule has 0 atom stereocenters. The zero-order valence-electron chi connectivity index (χ0n) is 10.6. The van der Waals surface area contributed by atoms with Gasteiger partial charge in [-0.05, 0) is 31.2 Å². The summed E-state index contributed by atoms with van der Waals surface area (Å²) in [7, 11) is 0. The van der Waals surface area contributed by atoms with Crippen LogP contribution >= 0.6 is 0 Å². The molecule has 1 aromatic heterocycles. The van der Waals surface area contributed by atoms with Gasteiger partial charge in [0.1, 0.15) is 0 Å². The molecule has 0 aliphatic rings. The van der Waals surface area contributed by atoms with E-state index in [2.05, 4.69) is 20.7 Å². The van der Waals surface area contributed by atoms with E-state index in [1.807, 2.05) is 6.92 Å². The zero-order valence-corrected chi connectivity index (χ0v) is 10.6. The van der Waals surface area contributed by atoms with Gasteiger partial charge in [0, 0.05) is 17.4 Å². The number of nitrogens with one attached hydrogen (secondary N) is 2. The van der Waals surface area contributed by atoms with Gasteiger partial charge in [-0.1, -0.05) is 0 Å². The van der Waals surface area contributed by atoms with Crippen LogP contribution in [0.5, 0.6) is 0 Å². The number of carbonyl (C=O) groups excluding carboxylic acids is 1. The minimum absolute atomic E-state index is 0.161. The van der Waals surface area contributed by atoms with Crippen LogP contribution in [0.25, 0.3) is 0 Å². The molecule has 98 valence electrons. The Morgan fingerprint density at radius 1 is 1.21 bits per heavy atom. The van der Waals surface area contributed by atoms with Crippen LogP contribution in [-0.2, 0) is 6.54 Å². The van der Waals surface area contributed by atoms with E-state index in [-0.39, 0.29) is 5.91 Å². The normalized spacial score (nSPS) is 10.0. The number of nitrogens with zero attached hydrogens (tertiary/aromatic N) is 2. The van der Waals surface area contributed by atoms with Crippen LogP contribution in [0.2, 0.25) is 0 Å². The van der Waals surface area contributed by atoms with Crippen molar-refractivity contribution in [2.45, 2.75) is 13.5 Å². The summed E-state index contributed by atoms with van der Waals surface area (Å²) in [5.41, 5.74) is 5.39. The number of nitrogen functional groups attached to an aromatic ring is 1. The highest BCUT2D eigenvalue weighted by molar-refractivity contribution is 5.94. The second kappa shape index (κ2) is 5.92. The van der Waals surface area contributed by atoms with E-state index in [1.165, 1.54) is 0 Å². The number of carbonyl (C=O) groups is 1. The molecule has 0 aliphatic heterocycles. The topological polar surface area (TPSA) is 92.9 Å². The number of nitrogens with two attached hydrogens (primary N) is 1. The number of rotatable bonds is 4. The van der Waals surface area contributed by atoms with Crippen molar-refractivity contribution in [1.82, 2.24) is 15.3 Å². The minimum atomic E-state index is -0.161. The third-order valence-electron chi connectivity index (χ3n) is 2.58. The molecule has 1 amide bonds. The molecule has 1 aromatic carbocycles. The Labute approximate surface area is 111 Å². The number of aryl methyl sites for hydroxylation is 1. The Morgan fingerprint density at radius 2 is 1.95 bits per heavy atom. The molecule has 0 bridgehead atoms. The molecule has 2 rings (SSSR count). The maximum Gasteiger partial charge on any atom is 0.251 e. The third kappa shape index (κ3) is 3.49. The molecule has 2 aromatic rings. The van der Waals surface area contributed by atoms with E-state index in [0.717, 1.165) is 17.1 Å². The Kier molecular flexibility index (Phi) is 4.04. The average Bonchev–Trinajstić information content (AvgIpc) is 2.46. The molecule has 1 heterocycles. The van der Waals surface area contributed by atoms with Gasteiger partial charge in [-0.15, -0.1) is 0 Å². The van der Waals surface area contributed by atoms with Gasteiger partial charge >= 0.3 is 0 Å². The summed E-state index contributed by atoms with van der Waals surface area (Å²) in [6.45, 7) is 2.21. The van der Waals surface area contributed by atoms with Crippen molar-refractivity contribution < 1.29 is 4.79 Å². The smallest absolute Gasteiger partial charge is 0.251 e. The highest BCUT2D eigenvalue weighted by Gasteiger charge is 2.05. The molecule has 6 heteroatoms. The SMILES string of the molecule is Cc1cnc(CNC(=O)c2ccc(NN)cc2)cn1. The zero-order chi connectivity index (χ0) is 13.7. The lowest BCUT2D eigenvalue weighted by molar-refractivity contribution is 0.0950. The summed E-state index contributed by atoms with van der Waals surface area (Å²) in [6.07, 6.45) is 3.32. The molecule has 0 saturated carbocycles. The highest BCUT2D eigenvalue weighted by Crippen LogP contribution is 2.07. The van der Waals surface area contributed by atoms with E-state index in [1.54, 1.807) is 36.7 Å². The van der Waals surface area contributed by atoms with Gasteiger partial charge in [-0.2, -0.15) is 0 Å². The van der Waals surface area contributed by atoms with Crippen molar-refractivity contribution in [3.63, 3.8) is 0 Å². The minimum Gasteiger partial charge on any atom is -0.346 e. The van der Waals surface area contributed by atoms with Gasteiger partial charge in [0.2, 0.25) is 0 Å². The molecule has 0 fully saturated rings. The first-order valence-corrected chi connectivity index (χ1v) is 5.81. The van der Waals surface area contributed by atoms with E-state index < -0.39 is 0 Å². The van der Waals surface area contributed by atoms with Gasteiger partial charge in [-0.25, -0.2) is 0 Å². The Bertz CT molecular complexity index is 550. The van der Waals surface area contributed by atoms with Crippen LogP contribution in [0.3, 0.4) is 0 Å². The maximum absolute atomic E-state index is 11.9. The van der Waals surface area contributed by atoms with Crippen LogP contribution in [0, 0.1) is 6.92 Å². The number of hydrazine groups is 1. The number of hydrogen-bond acceptors (Lipinski definition) is 5. The Balaban J connectivity index is 1.95. The van der Waals surface area contributed by atoms with Crippen molar-refractivity contribution in [1.29, 1.82) is 0 Å². The summed E-state index contributed by atoms with van der Waals surface area (Å²) in [4.78, 5) is 20.2. The van der Waals surface area contributed by atoms with Crippen molar-refractivity contribution in [3.8, 4) is 0 Å². The maximum atomic E-state index is 11.9. The lowest BCUT2D eigenvalue weighted by Crippen LogP contribution is -2.23. The predicted molar refractivity (Wildman–Crippen MR) is 72.2 cm³/mol. The lowest BCUT2D eigenvalue weighted by atomic mass is 10.2. The fourth-order valence-electron chi connectivity index (χ4n) is 1.50. The quantitative estimate of drug-likeness (QED) is 0.561. The fraction of sp³-hybridized carbons (Fsp3) is 0.154. The number of benzene rings is 1. The van der Waals surface area contributed by atoms with Crippen LogP contribution in [0.4, 0.5) is 5.69 Å². The first-order valence-electron chi connectivity index (χ1n) is 5.81. The van der Waals surface area contributed by atoms with Gasteiger partial charge in [0.25, 0.3) is 5.91 Å². The second-order valence-electron chi connectivity index (χ2n) is 4.05. The highest BCUT2D eigenvalue weighted by atomic mass is 16.1. The van der Waals surface area contributed by atoms with E-state index in [4.69, 9.17) is 5.84 Å². The molecular formula is C13H15N5O. The molecule has 0 radical (unpaired) electrons. The molecule has 0 unspecified atom stereocenters. The van der Waals surface area contributed by atoms with E-state index >= 15 is 0 Å². The molecule has 6 nitrogen and oxygen atoms in total. The van der Waals surface area contributed by atoms with Crippen LogP contribution < -0.4 is 16.6 Å². The summed E-state index contributed by atoms with van der Waals surface area (Å²) in [5.74, 6) is 5.10. The summed E-state index contributed by atoms with van der Waals surface area (Å²) in [6, 6.07) is 6.87. The van der Waals surface area contributed by atoms with Gasteiger partial charge in [-0.3, -0.25) is 20.6 Å². The molecular weight excluding hydrogens is 242 g/mol. The van der Waals surface area contributed by atoms with Crippen molar-refractivity contribution in [2.24, 2.45) is 5.84 Å². The number of aromatic nitrogens is 2. The van der Waals surface area contributed by atoms with Crippen LogP contribution in [0.15, 0.2) is 36.7 Å². The average molecular weight is 257 g/mol. The monoisotopic (exact) mass is 257 g/mol. The number of amides is 1. The van der Waals surface area contributed by atoms with Crippen molar-refractivity contribution in [3.05, 3.63) is 53.6 Å². The fourth-order valence-corrected chi connectivity index (χ4v) is 1.50. The van der Waals surface area contributed by atoms with Crippen LogP contribution in [0.1, 0.15) is 21.7 Å². The van der Waals surface area contributed by atoms with Crippen molar-refractivity contribution in [2.75, 3.05) is 5.43 Å². The van der Waals surface area contributed by atoms with Crippen molar-refractivity contribution >= 4 is 11.6 Å². The van der Waals surface area contributed by atoms with Gasteiger partial charge in [0.05, 0.1) is 24.1 Å². The summed E-state index contributed by atoms with van der Waals surface area (Å²) < 4.78 is 0. The summed E-state index contributed by atoms with van der Waals surface area (Å²) >= 11 is 0. The molecule has 0 saturated heterocycles. The van der Waals surface area contributed by atoms with Gasteiger partial charge in [0.15, 0.2) is 0 Å². The lowest BCUT2D eigenvalue weighted by Gasteiger charge is -2.06. The molecule has 0 spiro atoms. The van der Waals surface area contributed by atoms with E-state index in [0.29, 0.717) is 12.1 Å². The standard InChI is InChI=1S/C13H15N5O/c1-9-6-16-12(7-15-9)8-17-13(19)10-2-4-11(18-14)5-3-10/h2-7,18H,8,14H2,1H3,(H,17,19). The second-order valence-corrected chi connectivity index (χ2v) is 4.05. The Morgan fingerprint density at radius 3 is 2.53 bits per heavy atom. The predicted octanol–water partition coefficient (Wildman–Crippen LogP) is 1.00. The van der Waals surface area contributed by atoms with Gasteiger partial charge < -0.3 is 10.7 Å². The number of anilines is 1. The Hall–Kier alpha value is -2.47. The largest absolute Gasteiger partial charge is 0.346 e. The first-order chi connectivity index (χ1) is 9.19. The molecule has 0 aliphatic carbocycles.